The lowest BCUT2D eigenvalue weighted by atomic mass is 10.1. The molecule has 0 unspecified atom stereocenters. The molecule has 0 N–H and O–H groups in total. The van der Waals surface area contributed by atoms with Crippen LogP contribution in [0.5, 0.6) is 0 Å². The van der Waals surface area contributed by atoms with E-state index in [0.717, 1.165) is 8.67 Å². The van der Waals surface area contributed by atoms with Crippen molar-refractivity contribution in [1.29, 1.82) is 0 Å². The number of rotatable bonds is 8. The molecule has 180 valence electrons. The molecule has 0 aromatic carbocycles. The average molecular weight is 524 g/mol. The minimum Gasteiger partial charge on any atom is -0.272 e. The normalized spacial score (nSPS) is 19.3. The van der Waals surface area contributed by atoms with Crippen LogP contribution in [0.15, 0.2) is 0 Å². The van der Waals surface area contributed by atoms with Crippen molar-refractivity contribution in [2.75, 3.05) is 0 Å². The van der Waals surface area contributed by atoms with Crippen LogP contribution in [0.25, 0.3) is 0 Å². The van der Waals surface area contributed by atoms with Crippen molar-refractivity contribution in [3.8, 4) is 0 Å². The van der Waals surface area contributed by atoms with E-state index in [9.17, 15) is 74.8 Å². The van der Waals surface area contributed by atoms with Crippen molar-refractivity contribution in [1.82, 2.24) is 0 Å². The fraction of sp³-hybridized carbons (Fsp3) is 0.600. The smallest absolute Gasteiger partial charge is 0.272 e. The summed E-state index contributed by atoms with van der Waals surface area (Å²) >= 11 is 0. The summed E-state index contributed by atoms with van der Waals surface area (Å²) in [5, 5.41) is 0. The largest absolute Gasteiger partial charge is 0.430 e. The van der Waals surface area contributed by atoms with Crippen LogP contribution in [-0.4, -0.2) is 29.7 Å². The Balaban J connectivity index is 5.71. The summed E-state index contributed by atoms with van der Waals surface area (Å²) in [6, 6.07) is 0. The molecule has 0 amide bonds. The van der Waals surface area contributed by atoms with Crippen molar-refractivity contribution in [3.05, 3.63) is 0 Å². The SMILES string of the molecule is O=C(OOS(F)(F)(F)(F)F)C(F)(F)C(F)(F)C(F)(F)C(=O)OOS(F)(F)(F)(F)F. The Labute approximate surface area is 145 Å². The van der Waals surface area contributed by atoms with Crippen molar-refractivity contribution in [3.63, 3.8) is 0 Å². The zero-order valence-corrected chi connectivity index (χ0v) is 13.4. The van der Waals surface area contributed by atoms with E-state index in [1.807, 2.05) is 0 Å². The van der Waals surface area contributed by atoms with Crippen LogP contribution in [0.4, 0.5) is 65.2 Å². The van der Waals surface area contributed by atoms with Gasteiger partial charge in [0.25, 0.3) is 0 Å². The maximum atomic E-state index is 13.0. The lowest BCUT2D eigenvalue weighted by Gasteiger charge is -2.37. The summed E-state index contributed by atoms with van der Waals surface area (Å²) in [5.41, 5.74) is 0. The molecule has 0 aromatic heterocycles. The van der Waals surface area contributed by atoms with Gasteiger partial charge in [0, 0.05) is 0 Å². The second-order valence-electron chi connectivity index (χ2n) is 4.40. The highest BCUT2D eigenvalue weighted by atomic mass is 32.5. The van der Waals surface area contributed by atoms with Gasteiger partial charge in [-0.1, -0.05) is 38.9 Å². The minimum atomic E-state index is -11.4. The summed E-state index contributed by atoms with van der Waals surface area (Å²) in [6.45, 7) is 0. The fourth-order valence-corrected chi connectivity index (χ4v) is 1.13. The zero-order valence-electron chi connectivity index (χ0n) is 11.8. The molecule has 0 radical (unpaired) electrons. The van der Waals surface area contributed by atoms with Crippen LogP contribution < -0.4 is 0 Å². The van der Waals surface area contributed by atoms with Crippen LogP contribution in [0, 0.1) is 0 Å². The molecule has 0 atom stereocenters. The van der Waals surface area contributed by atoms with E-state index in [1.165, 1.54) is 0 Å². The first kappa shape index (κ1) is 27.4. The summed E-state index contributed by atoms with van der Waals surface area (Å²) in [7, 11) is -22.8. The summed E-state index contributed by atoms with van der Waals surface area (Å²) in [6.07, 6.45) is 0. The van der Waals surface area contributed by atoms with Crippen molar-refractivity contribution in [2.45, 2.75) is 17.8 Å². The van der Waals surface area contributed by atoms with Crippen molar-refractivity contribution in [2.24, 2.45) is 0 Å². The first-order valence-corrected chi connectivity index (χ1v) is 8.91. The molecule has 0 fully saturated rings. The molecule has 0 spiro atoms. The summed E-state index contributed by atoms with van der Waals surface area (Å²) in [4.78, 5) is 23.8. The van der Waals surface area contributed by atoms with E-state index < -0.39 is 50.7 Å². The van der Waals surface area contributed by atoms with Crippen molar-refractivity contribution < 1.29 is 93.2 Å². The van der Waals surface area contributed by atoms with E-state index in [2.05, 4.69) is 0 Å². The number of hydrogen-bond acceptors (Lipinski definition) is 6. The monoisotopic (exact) mass is 524 g/mol. The highest BCUT2D eigenvalue weighted by Gasteiger charge is 2.81. The van der Waals surface area contributed by atoms with Crippen LogP contribution in [-0.2, 0) is 28.0 Å². The molecule has 0 heterocycles. The van der Waals surface area contributed by atoms with E-state index in [-0.39, 0.29) is 0 Å². The highest BCUT2D eigenvalue weighted by Crippen LogP contribution is 2.99. The molecule has 0 aromatic rings. The van der Waals surface area contributed by atoms with Gasteiger partial charge in [-0.2, -0.15) is 26.3 Å². The Morgan fingerprint density at radius 2 is 0.724 bits per heavy atom. The number of alkyl halides is 6. The Morgan fingerprint density at radius 1 is 0.517 bits per heavy atom. The van der Waals surface area contributed by atoms with Gasteiger partial charge in [0.05, 0.1) is 0 Å². The predicted octanol–water partition coefficient (Wildman–Crippen LogP) is 6.27. The Bertz CT molecular complexity index is 644. The molecular weight excluding hydrogens is 524 g/mol. The second kappa shape index (κ2) is 5.37. The Hall–Kier alpha value is -1.56. The van der Waals surface area contributed by atoms with Gasteiger partial charge in [-0.05, 0) is 8.67 Å². The minimum absolute atomic E-state index is 1.03. The van der Waals surface area contributed by atoms with Crippen LogP contribution in [0.3, 0.4) is 0 Å². The Kier molecular flexibility index (Phi) is 5.08. The first-order chi connectivity index (χ1) is 11.7. The molecular formula is C5F16O6S2. The van der Waals surface area contributed by atoms with E-state index in [4.69, 9.17) is 0 Å². The fourth-order valence-electron chi connectivity index (χ4n) is 0.749. The van der Waals surface area contributed by atoms with Gasteiger partial charge in [0.15, 0.2) is 0 Å². The van der Waals surface area contributed by atoms with E-state index in [0.29, 0.717) is 0 Å². The van der Waals surface area contributed by atoms with Gasteiger partial charge in [0.2, 0.25) is 0 Å². The van der Waals surface area contributed by atoms with Gasteiger partial charge in [-0.25, -0.2) is 9.59 Å². The van der Waals surface area contributed by atoms with Gasteiger partial charge >= 0.3 is 50.7 Å². The summed E-state index contributed by atoms with van der Waals surface area (Å²) < 4.78 is 195. The van der Waals surface area contributed by atoms with Gasteiger partial charge < -0.3 is 0 Å². The molecule has 0 bridgehead atoms. The van der Waals surface area contributed by atoms with Crippen LogP contribution >= 0.6 is 21.0 Å². The molecule has 0 aliphatic carbocycles. The maximum Gasteiger partial charge on any atom is 0.430 e. The third-order valence-corrected chi connectivity index (χ3v) is 2.43. The first-order valence-electron chi connectivity index (χ1n) is 5.16. The molecule has 6 nitrogen and oxygen atoms in total. The molecule has 0 aliphatic rings. The molecule has 24 heteroatoms. The van der Waals surface area contributed by atoms with Crippen molar-refractivity contribution >= 4 is 32.9 Å². The lowest BCUT2D eigenvalue weighted by Crippen LogP contribution is -2.61. The number of halogens is 16. The molecule has 0 saturated carbocycles. The Morgan fingerprint density at radius 3 is 0.897 bits per heavy atom. The third-order valence-electron chi connectivity index (χ3n) is 1.78. The van der Waals surface area contributed by atoms with Gasteiger partial charge in [0.1, 0.15) is 0 Å². The highest BCUT2D eigenvalue weighted by molar-refractivity contribution is 8.42. The number of carbonyl (C=O) groups excluding carboxylic acids is 2. The second-order valence-corrected chi connectivity index (χ2v) is 8.26. The summed E-state index contributed by atoms with van der Waals surface area (Å²) in [5.74, 6) is -32.0. The maximum absolute atomic E-state index is 13.0. The van der Waals surface area contributed by atoms with Crippen LogP contribution in [0.2, 0.25) is 0 Å². The number of hydrogen-bond donors (Lipinski definition) is 0. The lowest BCUT2D eigenvalue weighted by molar-refractivity contribution is -0.330. The third kappa shape index (κ3) is 8.00. The van der Waals surface area contributed by atoms with E-state index >= 15 is 0 Å². The van der Waals surface area contributed by atoms with Crippen LogP contribution in [0.1, 0.15) is 0 Å². The van der Waals surface area contributed by atoms with Gasteiger partial charge in [-0.15, -0.1) is 0 Å². The molecule has 29 heavy (non-hydrogen) atoms. The van der Waals surface area contributed by atoms with Gasteiger partial charge in [-0.3, -0.25) is 9.78 Å². The zero-order chi connectivity index (χ0) is 24.3. The molecule has 0 aliphatic heterocycles. The van der Waals surface area contributed by atoms with E-state index in [1.54, 1.807) is 9.78 Å². The average Bonchev–Trinajstić information content (AvgIpc) is 2.36. The standard InChI is InChI=1S/C5F16O6S2/c6-3(7,1(22)24-26-28(12,13,14,15)16)5(10,11)4(8,9)2(23)25-27-29(17,18,19,20)21. The number of carbonyl (C=O) groups is 2. The topological polar surface area (TPSA) is 71.1 Å². The molecule has 0 rings (SSSR count). The predicted molar refractivity (Wildman–Crippen MR) is 55.5 cm³/mol. The molecule has 0 saturated heterocycles. The quantitative estimate of drug-likeness (QED) is 0.212.